The Morgan fingerprint density at radius 1 is 1.05 bits per heavy atom. The number of hydrogen-bond donors (Lipinski definition) is 0. The summed E-state index contributed by atoms with van der Waals surface area (Å²) in [4.78, 5) is 33.6. The van der Waals surface area contributed by atoms with Gasteiger partial charge < -0.3 is 4.74 Å². The van der Waals surface area contributed by atoms with Crippen molar-refractivity contribution in [2.24, 2.45) is 0 Å². The Balaban J connectivity index is 1.91. The molecule has 0 spiro atoms. The average molecular weight is 299 g/mol. The highest BCUT2D eigenvalue weighted by Crippen LogP contribution is 2.13. The maximum Gasteiger partial charge on any atom is 0.310 e. The molecule has 0 saturated carbocycles. The molecule has 6 nitrogen and oxygen atoms in total. The number of carbonyl (C=O) groups excluding carboxylic acids is 2. The van der Waals surface area contributed by atoms with Crippen LogP contribution in [0.3, 0.4) is 0 Å². The smallest absolute Gasteiger partial charge is 0.310 e. The van der Waals surface area contributed by atoms with Crippen LogP contribution in [0.25, 0.3) is 0 Å². The predicted molar refractivity (Wildman–Crippen MR) is 78.5 cm³/mol. The number of non-ortho nitro benzene ring substituents is 1. The Morgan fingerprint density at radius 3 is 2.45 bits per heavy atom. The van der Waals surface area contributed by atoms with Crippen LogP contribution >= 0.6 is 0 Å². The highest BCUT2D eigenvalue weighted by Gasteiger charge is 2.13. The van der Waals surface area contributed by atoms with E-state index in [0.29, 0.717) is 0 Å². The number of rotatable bonds is 6. The number of hydrogen-bond acceptors (Lipinski definition) is 5. The Labute approximate surface area is 126 Å². The standard InChI is InChI=1S/C16H13NO5/c18-15(13-7-4-8-14(10-13)17(20)21)11-22-16(19)9-12-5-2-1-3-6-12/h1-8,10H,9,11H2. The molecule has 2 rings (SSSR count). The van der Waals surface area contributed by atoms with E-state index in [0.717, 1.165) is 11.6 Å². The first kappa shape index (κ1) is 15.4. The summed E-state index contributed by atoms with van der Waals surface area (Å²) < 4.78 is 4.90. The minimum atomic E-state index is -0.585. The van der Waals surface area contributed by atoms with Gasteiger partial charge in [-0.15, -0.1) is 0 Å². The summed E-state index contributed by atoms with van der Waals surface area (Å²) >= 11 is 0. The van der Waals surface area contributed by atoms with Gasteiger partial charge in [-0.05, 0) is 5.56 Å². The van der Waals surface area contributed by atoms with E-state index in [1.54, 1.807) is 24.3 Å². The van der Waals surface area contributed by atoms with Gasteiger partial charge in [0.05, 0.1) is 11.3 Å². The van der Waals surface area contributed by atoms with Gasteiger partial charge in [0.25, 0.3) is 5.69 Å². The minimum absolute atomic E-state index is 0.0725. The number of ketones is 1. The Hall–Kier alpha value is -3.02. The van der Waals surface area contributed by atoms with Crippen molar-refractivity contribution in [1.29, 1.82) is 0 Å². The lowest BCUT2D eigenvalue weighted by Gasteiger charge is -2.04. The third kappa shape index (κ3) is 4.24. The lowest BCUT2D eigenvalue weighted by Crippen LogP contribution is -2.15. The number of nitrogens with zero attached hydrogens (tertiary/aromatic N) is 1. The van der Waals surface area contributed by atoms with Crippen LogP contribution in [-0.4, -0.2) is 23.3 Å². The first-order valence-corrected chi connectivity index (χ1v) is 6.53. The molecule has 0 unspecified atom stereocenters. The molecule has 0 radical (unpaired) electrons. The molecular formula is C16H13NO5. The van der Waals surface area contributed by atoms with E-state index in [1.807, 2.05) is 6.07 Å². The van der Waals surface area contributed by atoms with Crippen LogP contribution in [0.15, 0.2) is 54.6 Å². The normalized spacial score (nSPS) is 10.0. The molecular weight excluding hydrogens is 286 g/mol. The maximum absolute atomic E-state index is 11.9. The van der Waals surface area contributed by atoms with Gasteiger partial charge in [0.15, 0.2) is 6.61 Å². The number of carbonyl (C=O) groups is 2. The van der Waals surface area contributed by atoms with Crippen LogP contribution < -0.4 is 0 Å². The summed E-state index contributed by atoms with van der Waals surface area (Å²) in [5.74, 6) is -1.00. The van der Waals surface area contributed by atoms with E-state index < -0.39 is 23.3 Å². The Kier molecular flexibility index (Phi) is 4.98. The zero-order valence-corrected chi connectivity index (χ0v) is 11.6. The zero-order valence-electron chi connectivity index (χ0n) is 11.6. The summed E-state index contributed by atoms with van der Waals surface area (Å²) in [6, 6.07) is 14.3. The van der Waals surface area contributed by atoms with Crippen LogP contribution in [0, 0.1) is 10.1 Å². The van der Waals surface area contributed by atoms with Crippen LogP contribution in [0.5, 0.6) is 0 Å². The Morgan fingerprint density at radius 2 is 1.77 bits per heavy atom. The van der Waals surface area contributed by atoms with Gasteiger partial charge in [-0.1, -0.05) is 42.5 Å². The summed E-state index contributed by atoms with van der Waals surface area (Å²) in [7, 11) is 0. The van der Waals surface area contributed by atoms with Crippen molar-refractivity contribution < 1.29 is 19.2 Å². The fourth-order valence-corrected chi connectivity index (χ4v) is 1.84. The molecule has 0 atom stereocenters. The van der Waals surface area contributed by atoms with E-state index in [2.05, 4.69) is 0 Å². The molecule has 2 aromatic carbocycles. The molecule has 0 heterocycles. The number of nitro benzene ring substituents is 1. The second-order valence-electron chi connectivity index (χ2n) is 4.55. The van der Waals surface area contributed by atoms with Crippen LogP contribution in [0.1, 0.15) is 15.9 Å². The van der Waals surface area contributed by atoms with Gasteiger partial charge in [-0.3, -0.25) is 19.7 Å². The topological polar surface area (TPSA) is 86.5 Å². The molecule has 2 aromatic rings. The third-order valence-corrected chi connectivity index (χ3v) is 2.93. The van der Waals surface area contributed by atoms with Gasteiger partial charge >= 0.3 is 5.97 Å². The van der Waals surface area contributed by atoms with Crippen molar-refractivity contribution in [3.63, 3.8) is 0 Å². The van der Waals surface area contributed by atoms with Crippen molar-refractivity contribution in [3.8, 4) is 0 Å². The first-order valence-electron chi connectivity index (χ1n) is 6.53. The molecule has 22 heavy (non-hydrogen) atoms. The predicted octanol–water partition coefficient (Wildman–Crippen LogP) is 2.56. The van der Waals surface area contributed by atoms with Gasteiger partial charge in [0.2, 0.25) is 5.78 Å². The molecule has 0 aliphatic rings. The minimum Gasteiger partial charge on any atom is -0.457 e. The van der Waals surface area contributed by atoms with Crippen molar-refractivity contribution in [1.82, 2.24) is 0 Å². The summed E-state index contributed by atoms with van der Waals surface area (Å²) in [6.45, 7) is -0.438. The molecule has 0 saturated heterocycles. The number of nitro groups is 1. The second kappa shape index (κ2) is 7.12. The fourth-order valence-electron chi connectivity index (χ4n) is 1.84. The second-order valence-corrected chi connectivity index (χ2v) is 4.55. The van der Waals surface area contributed by atoms with Crippen LogP contribution in [0.4, 0.5) is 5.69 Å². The van der Waals surface area contributed by atoms with Gasteiger partial charge in [-0.25, -0.2) is 0 Å². The third-order valence-electron chi connectivity index (χ3n) is 2.93. The molecule has 0 bridgehead atoms. The summed E-state index contributed by atoms with van der Waals surface area (Å²) in [5.41, 5.74) is 0.749. The van der Waals surface area contributed by atoms with Crippen LogP contribution in [0.2, 0.25) is 0 Å². The molecule has 0 amide bonds. The van der Waals surface area contributed by atoms with Crippen molar-refractivity contribution in [2.75, 3.05) is 6.61 Å². The molecule has 0 fully saturated rings. The maximum atomic E-state index is 11.9. The first-order chi connectivity index (χ1) is 10.6. The van der Waals surface area contributed by atoms with Gasteiger partial charge in [0, 0.05) is 17.7 Å². The molecule has 0 aliphatic carbocycles. The molecule has 0 aliphatic heterocycles. The highest BCUT2D eigenvalue weighted by atomic mass is 16.6. The molecule has 6 heteroatoms. The quantitative estimate of drug-likeness (QED) is 0.354. The average Bonchev–Trinajstić information content (AvgIpc) is 2.53. The molecule has 112 valence electrons. The van der Waals surface area contributed by atoms with E-state index in [-0.39, 0.29) is 17.7 Å². The largest absolute Gasteiger partial charge is 0.457 e. The van der Waals surface area contributed by atoms with E-state index in [4.69, 9.17) is 4.74 Å². The number of benzene rings is 2. The zero-order chi connectivity index (χ0) is 15.9. The van der Waals surface area contributed by atoms with Crippen molar-refractivity contribution in [2.45, 2.75) is 6.42 Å². The van der Waals surface area contributed by atoms with Crippen molar-refractivity contribution in [3.05, 3.63) is 75.8 Å². The summed E-state index contributed by atoms with van der Waals surface area (Å²) in [6.07, 6.45) is 0.0725. The number of esters is 1. The molecule has 0 aromatic heterocycles. The van der Waals surface area contributed by atoms with E-state index >= 15 is 0 Å². The number of Topliss-reactive ketones (excluding diaryl/α,β-unsaturated/α-hetero) is 1. The Bertz CT molecular complexity index is 697. The SMILES string of the molecule is O=C(Cc1ccccc1)OCC(=O)c1cccc([N+](=O)[O-])c1. The van der Waals surface area contributed by atoms with Gasteiger partial charge in [-0.2, -0.15) is 0 Å². The van der Waals surface area contributed by atoms with E-state index in [9.17, 15) is 19.7 Å². The highest BCUT2D eigenvalue weighted by molar-refractivity contribution is 5.98. The number of ether oxygens (including phenoxy) is 1. The molecule has 0 N–H and O–H groups in total. The van der Waals surface area contributed by atoms with Crippen LogP contribution in [-0.2, 0) is 16.0 Å². The fraction of sp³-hybridized carbons (Fsp3) is 0.125. The monoisotopic (exact) mass is 299 g/mol. The lowest BCUT2D eigenvalue weighted by molar-refractivity contribution is -0.384. The van der Waals surface area contributed by atoms with Gasteiger partial charge in [0.1, 0.15) is 0 Å². The summed E-state index contributed by atoms with van der Waals surface area (Å²) in [5, 5.41) is 10.7. The lowest BCUT2D eigenvalue weighted by atomic mass is 10.1. The van der Waals surface area contributed by atoms with Crippen molar-refractivity contribution >= 4 is 17.4 Å². The van der Waals surface area contributed by atoms with E-state index in [1.165, 1.54) is 18.2 Å².